The second-order valence-corrected chi connectivity index (χ2v) is 18.8. The van der Waals surface area contributed by atoms with Gasteiger partial charge in [0.15, 0.2) is 0 Å². The third-order valence-electron chi connectivity index (χ3n) is 12.7. The summed E-state index contributed by atoms with van der Waals surface area (Å²) >= 11 is 0. The number of fused-ring (bicyclic) bond motifs is 5. The Balaban J connectivity index is 1.09. The smallest absolute Gasteiger partial charge is 0.435 e. The predicted molar refractivity (Wildman–Crippen MR) is 199 cm³/mol. The number of hydrogen-bond acceptors (Lipinski definition) is 8. The van der Waals surface area contributed by atoms with Crippen molar-refractivity contribution in [3.8, 4) is 5.75 Å². The van der Waals surface area contributed by atoms with Crippen molar-refractivity contribution >= 4 is 33.4 Å². The molecule has 57 heavy (non-hydrogen) atoms. The summed E-state index contributed by atoms with van der Waals surface area (Å²) in [4.78, 5) is 29.6. The van der Waals surface area contributed by atoms with Gasteiger partial charge in [-0.15, -0.1) is 0 Å². The molecule has 1 aromatic rings. The summed E-state index contributed by atoms with van der Waals surface area (Å²) in [5.74, 6) is 3.14. The molecule has 1 N–H and O–H groups in total. The maximum Gasteiger partial charge on any atom is 0.435 e. The summed E-state index contributed by atoms with van der Waals surface area (Å²) in [6, 6.07) is 6.25. The van der Waals surface area contributed by atoms with Gasteiger partial charge in [-0.1, -0.05) is 34.6 Å². The van der Waals surface area contributed by atoms with E-state index in [2.05, 4.69) is 23.8 Å². The van der Waals surface area contributed by atoms with E-state index in [1.807, 2.05) is 6.07 Å². The van der Waals surface area contributed by atoms with Crippen LogP contribution in [-0.4, -0.2) is 132 Å². The van der Waals surface area contributed by atoms with Crippen molar-refractivity contribution < 1.29 is 63.7 Å². The molecule has 0 radical (unpaired) electrons. The lowest BCUT2D eigenvalue weighted by Crippen LogP contribution is -2.68. The molecule has 3 unspecified atom stereocenters. The van der Waals surface area contributed by atoms with Gasteiger partial charge in [-0.05, 0) is 105 Å². The Morgan fingerprint density at radius 3 is 2.30 bits per heavy atom. The summed E-state index contributed by atoms with van der Waals surface area (Å²) in [5, 5.41) is 9.92. The molecule has 2 saturated carbocycles. The molecule has 3 fully saturated rings. The van der Waals surface area contributed by atoms with Gasteiger partial charge in [0, 0.05) is 50.7 Å². The zero-order valence-electron chi connectivity index (χ0n) is 32.4. The Kier molecular flexibility index (Phi) is 14.4. The number of alkyl halides is 9. The molecule has 0 spiro atoms. The van der Waals surface area contributed by atoms with Crippen LogP contribution in [0.2, 0.25) is 0 Å². The monoisotopic (exact) mass is 865 g/mol. The number of aliphatic hydroxyl groups excluding tert-OH is 1. The fourth-order valence-corrected chi connectivity index (χ4v) is 12.3. The highest BCUT2D eigenvalue weighted by atomic mass is 33.1. The van der Waals surface area contributed by atoms with Gasteiger partial charge in [-0.3, -0.25) is 14.5 Å². The van der Waals surface area contributed by atoms with E-state index in [0.717, 1.165) is 67.1 Å². The Labute approximate surface area is 335 Å². The van der Waals surface area contributed by atoms with E-state index < -0.39 is 55.8 Å². The molecule has 324 valence electrons. The van der Waals surface area contributed by atoms with E-state index in [1.54, 1.807) is 38.4 Å². The van der Waals surface area contributed by atoms with Crippen molar-refractivity contribution in [2.75, 3.05) is 58.4 Å². The van der Waals surface area contributed by atoms with Crippen LogP contribution in [0.5, 0.6) is 5.75 Å². The molecule has 0 bridgehead atoms. The topological polar surface area (TPSA) is 82.6 Å². The molecule has 1 aliphatic heterocycles. The van der Waals surface area contributed by atoms with Crippen LogP contribution in [-0.2, 0) is 20.7 Å². The largest absolute Gasteiger partial charge is 0.494 e. The van der Waals surface area contributed by atoms with E-state index >= 15 is 0 Å². The third-order valence-corrected chi connectivity index (χ3v) is 15.2. The van der Waals surface area contributed by atoms with Gasteiger partial charge in [0.2, 0.25) is 11.8 Å². The van der Waals surface area contributed by atoms with Crippen LogP contribution in [0.1, 0.15) is 75.8 Å². The number of aryl methyl sites for hydroxylation is 1. The molecule has 3 aliphatic carbocycles. The first-order valence-electron chi connectivity index (χ1n) is 19.3. The first-order chi connectivity index (χ1) is 26.5. The van der Waals surface area contributed by atoms with Gasteiger partial charge < -0.3 is 24.4 Å². The normalized spacial score (nSPS) is 27.9. The number of amides is 2. The number of halogens is 9. The van der Waals surface area contributed by atoms with Gasteiger partial charge in [-0.2, -0.15) is 39.5 Å². The Morgan fingerprint density at radius 2 is 1.65 bits per heavy atom. The van der Waals surface area contributed by atoms with Crippen molar-refractivity contribution in [1.82, 2.24) is 14.7 Å². The second kappa shape index (κ2) is 17.9. The fourth-order valence-electron chi connectivity index (χ4n) is 9.86. The highest BCUT2D eigenvalue weighted by Crippen LogP contribution is 2.62. The highest BCUT2D eigenvalue weighted by molar-refractivity contribution is 8.76. The van der Waals surface area contributed by atoms with Crippen molar-refractivity contribution in [2.24, 2.45) is 17.3 Å². The first-order valence-corrected chi connectivity index (χ1v) is 21.7. The van der Waals surface area contributed by atoms with Crippen LogP contribution in [0.4, 0.5) is 39.5 Å². The predicted octanol–water partition coefficient (Wildman–Crippen LogP) is 7.88. The van der Waals surface area contributed by atoms with Crippen molar-refractivity contribution in [1.29, 1.82) is 0 Å². The minimum absolute atomic E-state index is 0.00983. The quantitative estimate of drug-likeness (QED) is 0.109. The summed E-state index contributed by atoms with van der Waals surface area (Å²) < 4.78 is 129. The molecule has 8 nitrogen and oxygen atoms in total. The zero-order chi connectivity index (χ0) is 42.1. The minimum Gasteiger partial charge on any atom is -0.494 e. The average molecular weight is 866 g/mol. The summed E-state index contributed by atoms with van der Waals surface area (Å²) in [6.45, 7) is 1.92. The van der Waals surface area contributed by atoms with Gasteiger partial charge in [0.25, 0.3) is 0 Å². The van der Waals surface area contributed by atoms with E-state index in [0.29, 0.717) is 37.3 Å². The molecule has 1 aromatic carbocycles. The van der Waals surface area contributed by atoms with Crippen LogP contribution < -0.4 is 4.74 Å². The minimum atomic E-state index is -6.81. The Bertz CT molecular complexity index is 1530. The molecule has 1 saturated heterocycles. The van der Waals surface area contributed by atoms with Crippen LogP contribution in [0.15, 0.2) is 18.2 Å². The van der Waals surface area contributed by atoms with Crippen LogP contribution in [0, 0.1) is 17.3 Å². The number of carbonyl (C=O) groups excluding carboxylic acids is 2. The first kappa shape index (κ1) is 46.0. The number of likely N-dealkylation sites (tertiary alicyclic amines) is 1. The van der Waals surface area contributed by atoms with Crippen molar-refractivity contribution in [3.05, 3.63) is 29.3 Å². The average Bonchev–Trinajstić information content (AvgIpc) is 3.66. The molecule has 0 aromatic heterocycles. The van der Waals surface area contributed by atoms with E-state index in [-0.39, 0.29) is 23.4 Å². The Morgan fingerprint density at radius 1 is 0.965 bits per heavy atom. The third kappa shape index (κ3) is 9.62. The van der Waals surface area contributed by atoms with Gasteiger partial charge in [0.05, 0.1) is 25.9 Å². The SMILES string of the molecule is CC(=O)N1C[C@H](O)C[C@H]1CSSCCCOc1ccc2c(c1)CCC1C2CC[C@@]2(C)C1CC[C@@H]2N(C)C(=O)CN(C)CCOC(C(F)(F)F)(C(F)(F)F)C(F)(F)F. The lowest BCUT2D eigenvalue weighted by atomic mass is 9.55. The maximum atomic E-state index is 13.4. The highest BCUT2D eigenvalue weighted by Gasteiger charge is 2.85. The van der Waals surface area contributed by atoms with Crippen molar-refractivity contribution in [3.63, 3.8) is 0 Å². The summed E-state index contributed by atoms with van der Waals surface area (Å²) in [7, 11) is 6.30. The van der Waals surface area contributed by atoms with E-state index in [1.165, 1.54) is 25.1 Å². The number of ether oxygens (including phenoxy) is 2. The maximum absolute atomic E-state index is 13.4. The molecule has 5 rings (SSSR count). The van der Waals surface area contributed by atoms with Gasteiger partial charge >= 0.3 is 24.1 Å². The summed E-state index contributed by atoms with van der Waals surface area (Å²) in [6.07, 6.45) is -14.2. The lowest BCUT2D eigenvalue weighted by molar-refractivity contribution is -0.457. The molecule has 1 heterocycles. The standard InChI is InChI=1S/C38H52F9N3O5S2/c1-23(51)50-20-26(52)19-25(50)22-57-56-17-5-15-54-27-7-9-28-24(18-27)6-8-30-29(28)12-13-34(2)31(30)10-11-32(34)49(4)33(53)21-48(3)14-16-55-35(36(39,40)41,37(42,43)44)38(45,46)47/h7,9,18,25-26,29-32,52H,5-6,8,10-17,19-22H2,1-4H3/t25-,26+,29?,30?,31?,32-,34-/m0/s1. The number of aliphatic hydroxyl groups is 1. The number of nitrogens with zero attached hydrogens (tertiary/aromatic N) is 3. The van der Waals surface area contributed by atoms with Gasteiger partial charge in [0.1, 0.15) is 5.75 Å². The van der Waals surface area contributed by atoms with Crippen LogP contribution >= 0.6 is 21.6 Å². The van der Waals surface area contributed by atoms with E-state index in [9.17, 15) is 54.2 Å². The van der Waals surface area contributed by atoms with Gasteiger partial charge in [-0.25, -0.2) is 0 Å². The number of carbonyl (C=O) groups is 2. The van der Waals surface area contributed by atoms with Crippen LogP contribution in [0.25, 0.3) is 0 Å². The van der Waals surface area contributed by atoms with Crippen LogP contribution in [0.3, 0.4) is 0 Å². The second-order valence-electron chi connectivity index (χ2n) is 16.2. The number of rotatable bonds is 15. The zero-order valence-corrected chi connectivity index (χ0v) is 34.1. The molecular formula is C38H52F9N3O5S2. The Hall–Kier alpha value is -2.09. The molecule has 4 aliphatic rings. The molecule has 2 amide bonds. The molecule has 7 atom stereocenters. The molecular weight excluding hydrogens is 814 g/mol. The fraction of sp³-hybridized carbons (Fsp3) is 0.789. The number of hydrogen-bond donors (Lipinski definition) is 1. The number of likely N-dealkylation sites (N-methyl/N-ethyl adjacent to an activating group) is 2. The summed E-state index contributed by atoms with van der Waals surface area (Å²) in [5.41, 5.74) is -3.96. The molecule has 19 heteroatoms. The van der Waals surface area contributed by atoms with Crippen molar-refractivity contribution in [2.45, 2.75) is 113 Å². The lowest BCUT2D eigenvalue weighted by Gasteiger charge is -2.52. The van der Waals surface area contributed by atoms with E-state index in [4.69, 9.17) is 4.74 Å². The number of benzene rings is 1. The number of β-amino-alcohol motifs (C(OH)–C–C–N with tert-alkyl or cyclic N) is 1.